The van der Waals surface area contributed by atoms with Crippen molar-refractivity contribution in [3.8, 4) is 24.0 Å². The Morgan fingerprint density at radius 1 is 0.710 bits per heavy atom. The molecule has 1 aliphatic heterocycles. The normalized spacial score (nSPS) is 12.9. The highest BCUT2D eigenvalue weighted by molar-refractivity contribution is 6.61. The van der Waals surface area contributed by atoms with Crippen molar-refractivity contribution in [2.45, 2.75) is 0 Å². The van der Waals surface area contributed by atoms with Gasteiger partial charge in [0.05, 0.1) is 9.52 Å². The fourth-order valence-electron chi connectivity index (χ4n) is 3.62. The molecule has 3 aromatic rings. The van der Waals surface area contributed by atoms with E-state index in [-0.39, 0.29) is 5.57 Å². The minimum absolute atomic E-state index is 0.0710. The topological polar surface area (TPSA) is 47.6 Å². The van der Waals surface area contributed by atoms with Crippen LogP contribution in [0.2, 0.25) is 0 Å². The second-order valence-corrected chi connectivity index (χ2v) is 8.55. The Labute approximate surface area is 184 Å². The van der Waals surface area contributed by atoms with Gasteiger partial charge in [-0.15, -0.1) is 0 Å². The fraction of sp³-hybridized carbons (Fsp3) is 0. The molecule has 4 rings (SSSR count). The van der Waals surface area contributed by atoms with E-state index in [1.54, 1.807) is 6.08 Å². The van der Waals surface area contributed by atoms with Crippen LogP contribution in [0.3, 0.4) is 0 Å². The van der Waals surface area contributed by atoms with Gasteiger partial charge in [-0.2, -0.15) is 10.5 Å². The lowest BCUT2D eigenvalue weighted by Gasteiger charge is -2.11. The van der Waals surface area contributed by atoms with Gasteiger partial charge >= 0.3 is 0 Å². The molecule has 0 bridgehead atoms. The van der Waals surface area contributed by atoms with E-state index in [1.807, 2.05) is 48.5 Å². The Balaban J connectivity index is 1.81. The maximum atomic E-state index is 9.09. The molecule has 0 aromatic heterocycles. The fourth-order valence-corrected chi connectivity index (χ4v) is 5.26. The summed E-state index contributed by atoms with van der Waals surface area (Å²) in [5.41, 5.74) is 8.90. The van der Waals surface area contributed by atoms with Crippen molar-refractivity contribution in [1.29, 1.82) is 10.5 Å². The molecule has 3 heteroatoms. The first-order valence-corrected chi connectivity index (χ1v) is 11.5. The highest BCUT2D eigenvalue weighted by atomic mass is 28.2. The van der Waals surface area contributed by atoms with Gasteiger partial charge in [0.25, 0.3) is 0 Å². The van der Waals surface area contributed by atoms with Gasteiger partial charge in [0.15, 0.2) is 0 Å². The molecule has 3 aromatic carbocycles. The van der Waals surface area contributed by atoms with Crippen molar-refractivity contribution >= 4 is 26.7 Å². The van der Waals surface area contributed by atoms with Gasteiger partial charge in [0, 0.05) is 5.56 Å². The van der Waals surface area contributed by atoms with E-state index in [0.717, 1.165) is 11.1 Å². The number of allylic oxidation sites excluding steroid dienone is 4. The van der Waals surface area contributed by atoms with Gasteiger partial charge in [0.1, 0.15) is 17.7 Å². The minimum atomic E-state index is -0.660. The van der Waals surface area contributed by atoms with Gasteiger partial charge in [-0.25, -0.2) is 0 Å². The van der Waals surface area contributed by atoms with E-state index in [9.17, 15) is 0 Å². The summed E-state index contributed by atoms with van der Waals surface area (Å²) in [6, 6.07) is 32.3. The van der Waals surface area contributed by atoms with Crippen molar-refractivity contribution < 1.29 is 0 Å². The summed E-state index contributed by atoms with van der Waals surface area (Å²) >= 11 is 0. The first kappa shape index (κ1) is 19.9. The Morgan fingerprint density at radius 3 is 2.00 bits per heavy atom. The molecule has 2 nitrogen and oxygen atoms in total. The minimum Gasteiger partial charge on any atom is -0.192 e. The van der Waals surface area contributed by atoms with Crippen molar-refractivity contribution in [3.63, 3.8) is 0 Å². The third-order valence-electron chi connectivity index (χ3n) is 5.08. The maximum Gasteiger partial charge on any atom is 0.130 e. The van der Waals surface area contributed by atoms with Crippen LogP contribution in [-0.4, -0.2) is 9.52 Å². The van der Waals surface area contributed by atoms with Crippen molar-refractivity contribution in [3.05, 3.63) is 124 Å². The summed E-state index contributed by atoms with van der Waals surface area (Å²) in [6.45, 7) is 0. The smallest absolute Gasteiger partial charge is 0.130 e. The Kier molecular flexibility index (Phi) is 6.06. The summed E-state index contributed by atoms with van der Waals surface area (Å²) < 4.78 is 0. The molecule has 1 heterocycles. The Bertz CT molecular complexity index is 1340. The van der Waals surface area contributed by atoms with E-state index in [0.29, 0.717) is 0 Å². The van der Waals surface area contributed by atoms with Crippen LogP contribution in [0.25, 0.3) is 17.2 Å². The van der Waals surface area contributed by atoms with Crippen LogP contribution in [0.5, 0.6) is 0 Å². The van der Waals surface area contributed by atoms with E-state index in [4.69, 9.17) is 10.5 Å². The second kappa shape index (κ2) is 9.42. The zero-order valence-corrected chi connectivity index (χ0v) is 18.3. The first-order valence-electron chi connectivity index (χ1n) is 9.97. The molecular weight excluding hydrogens is 392 g/mol. The number of benzene rings is 3. The number of hydrogen-bond donors (Lipinski definition) is 0. The predicted molar refractivity (Wildman–Crippen MR) is 129 cm³/mol. The predicted octanol–water partition coefficient (Wildman–Crippen LogP) is 5.10. The summed E-state index contributed by atoms with van der Waals surface area (Å²) in [5, 5.41) is 19.4. The van der Waals surface area contributed by atoms with E-state index < -0.39 is 9.52 Å². The van der Waals surface area contributed by atoms with Crippen molar-refractivity contribution in [1.82, 2.24) is 0 Å². The van der Waals surface area contributed by atoms with E-state index in [2.05, 4.69) is 66.1 Å². The Hall–Kier alpha value is -4.36. The third-order valence-corrected chi connectivity index (χ3v) is 6.63. The molecule has 144 valence electrons. The van der Waals surface area contributed by atoms with Gasteiger partial charge in [-0.05, 0) is 45.2 Å². The lowest BCUT2D eigenvalue weighted by molar-refractivity contribution is 1.47. The number of hydrogen-bond acceptors (Lipinski definition) is 2. The monoisotopic (exact) mass is 410 g/mol. The SMILES string of the molecule is N#CC(C#N)=Cc1ccccc1C#CC1=C(c2ccccc2)C(c2ccccc2)=C[SiH2]1. The van der Waals surface area contributed by atoms with Gasteiger partial charge < -0.3 is 0 Å². The van der Waals surface area contributed by atoms with Crippen LogP contribution < -0.4 is 0 Å². The highest BCUT2D eigenvalue weighted by Crippen LogP contribution is 2.37. The van der Waals surface area contributed by atoms with Crippen molar-refractivity contribution in [2.75, 3.05) is 0 Å². The molecule has 0 radical (unpaired) electrons. The molecule has 0 N–H and O–H groups in total. The van der Waals surface area contributed by atoms with Gasteiger partial charge in [-0.3, -0.25) is 0 Å². The number of rotatable bonds is 3. The van der Waals surface area contributed by atoms with Crippen LogP contribution in [0.15, 0.2) is 101 Å². The van der Waals surface area contributed by atoms with Gasteiger partial charge in [-0.1, -0.05) is 96.4 Å². The molecule has 31 heavy (non-hydrogen) atoms. The molecule has 0 saturated heterocycles. The van der Waals surface area contributed by atoms with Crippen LogP contribution in [0.1, 0.15) is 22.3 Å². The Morgan fingerprint density at radius 2 is 1.32 bits per heavy atom. The molecule has 1 aliphatic rings. The zero-order valence-electron chi connectivity index (χ0n) is 16.8. The van der Waals surface area contributed by atoms with Crippen LogP contribution in [-0.2, 0) is 0 Å². The lowest BCUT2D eigenvalue weighted by Crippen LogP contribution is -1.92. The molecule has 0 saturated carbocycles. The quantitative estimate of drug-likeness (QED) is 0.342. The van der Waals surface area contributed by atoms with E-state index in [1.165, 1.54) is 27.5 Å². The van der Waals surface area contributed by atoms with E-state index >= 15 is 0 Å². The molecule has 0 atom stereocenters. The average molecular weight is 411 g/mol. The number of nitrogens with zero attached hydrogens (tertiary/aromatic N) is 2. The molecule has 0 unspecified atom stereocenters. The summed E-state index contributed by atoms with van der Waals surface area (Å²) in [4.78, 5) is 0. The van der Waals surface area contributed by atoms with Crippen LogP contribution >= 0.6 is 0 Å². The van der Waals surface area contributed by atoms with Crippen LogP contribution in [0.4, 0.5) is 0 Å². The number of nitriles is 2. The average Bonchev–Trinajstić information content (AvgIpc) is 3.27. The van der Waals surface area contributed by atoms with Crippen LogP contribution in [0, 0.1) is 34.5 Å². The van der Waals surface area contributed by atoms with Crippen molar-refractivity contribution in [2.24, 2.45) is 0 Å². The summed E-state index contributed by atoms with van der Waals surface area (Å²) in [7, 11) is -0.660. The highest BCUT2D eigenvalue weighted by Gasteiger charge is 2.19. The standard InChI is InChI=1S/C28H18N2Si/c29-18-21(19-30)17-25-14-8-7-9-22(25)15-16-27-28(24-12-5-2-6-13-24)26(20-31-27)23-10-3-1-4-11-23/h1-14,17,20H,31H2. The third kappa shape index (κ3) is 4.47. The second-order valence-electron chi connectivity index (χ2n) is 7.03. The molecule has 0 amide bonds. The largest absolute Gasteiger partial charge is 0.192 e. The molecule has 0 aliphatic carbocycles. The zero-order chi connectivity index (χ0) is 21.5. The van der Waals surface area contributed by atoms with Gasteiger partial charge in [0.2, 0.25) is 0 Å². The maximum absolute atomic E-state index is 9.09. The molecule has 0 spiro atoms. The summed E-state index contributed by atoms with van der Waals surface area (Å²) in [6.07, 6.45) is 1.59. The molecular formula is C28H18N2Si. The molecule has 0 fully saturated rings. The lowest BCUT2D eigenvalue weighted by atomic mass is 9.93. The first-order chi connectivity index (χ1) is 15.3. The summed E-state index contributed by atoms with van der Waals surface area (Å²) in [5.74, 6) is 6.75.